The summed E-state index contributed by atoms with van der Waals surface area (Å²) in [7, 11) is -3.86. The summed E-state index contributed by atoms with van der Waals surface area (Å²) in [6, 6.07) is 5.12. The van der Waals surface area contributed by atoms with Gasteiger partial charge in [0.15, 0.2) is 0 Å². The van der Waals surface area contributed by atoms with Gasteiger partial charge in [0.2, 0.25) is 5.13 Å². The van der Waals surface area contributed by atoms with Gasteiger partial charge in [-0.15, -0.1) is 11.3 Å². The molecule has 0 amide bonds. The lowest BCUT2D eigenvalue weighted by atomic mass is 9.99. The third kappa shape index (κ3) is 3.66. The van der Waals surface area contributed by atoms with Gasteiger partial charge >= 0.3 is 10.2 Å². The van der Waals surface area contributed by atoms with E-state index in [0.717, 1.165) is 11.8 Å². The van der Waals surface area contributed by atoms with E-state index in [9.17, 15) is 13.2 Å². The van der Waals surface area contributed by atoms with Crippen molar-refractivity contribution in [3.05, 3.63) is 40.9 Å². The van der Waals surface area contributed by atoms with Crippen LogP contribution in [0.25, 0.3) is 0 Å². The lowest BCUT2D eigenvalue weighted by Gasteiger charge is -2.33. The topological polar surface area (TPSA) is 79.8 Å². The van der Waals surface area contributed by atoms with Crippen LogP contribution in [0.4, 0.5) is 10.8 Å². The van der Waals surface area contributed by atoms with E-state index in [1.807, 2.05) is 13.8 Å². The van der Waals surface area contributed by atoms with Gasteiger partial charge in [-0.25, -0.2) is 4.98 Å². The lowest BCUT2D eigenvalue weighted by molar-refractivity contribution is 0.0730. The fourth-order valence-corrected chi connectivity index (χ4v) is 5.30. The predicted molar refractivity (Wildman–Crippen MR) is 101 cm³/mol. The molecule has 1 fully saturated rings. The summed E-state index contributed by atoms with van der Waals surface area (Å²) < 4.78 is 34.8. The normalized spacial score (nSPS) is 16.0. The molecular weight excluding hydrogens is 374 g/mol. The number of hydrogen-bond donors (Lipinski definition) is 0. The van der Waals surface area contributed by atoms with Crippen LogP contribution in [0.1, 0.15) is 35.7 Å². The molecule has 2 heterocycles. The summed E-state index contributed by atoms with van der Waals surface area (Å²) in [6.07, 6.45) is 2.29. The van der Waals surface area contributed by atoms with E-state index in [0.29, 0.717) is 29.6 Å². The molecule has 26 heavy (non-hydrogen) atoms. The number of carbonyl (C=O) groups excluding carboxylic acids is 1. The first-order valence-electron chi connectivity index (χ1n) is 8.32. The molecular formula is C17H21N3O4S2. The second-order valence-corrected chi connectivity index (χ2v) is 8.84. The first-order chi connectivity index (χ1) is 12.4. The van der Waals surface area contributed by atoms with Gasteiger partial charge in [-0.3, -0.25) is 4.79 Å². The van der Waals surface area contributed by atoms with Gasteiger partial charge in [-0.1, -0.05) is 26.0 Å². The molecule has 0 unspecified atom stereocenters. The van der Waals surface area contributed by atoms with Crippen molar-refractivity contribution in [2.24, 2.45) is 0 Å². The number of benzene rings is 1. The number of carbonyl (C=O) groups is 1. The van der Waals surface area contributed by atoms with Gasteiger partial charge in [0.1, 0.15) is 6.29 Å². The van der Waals surface area contributed by atoms with Crippen molar-refractivity contribution in [1.29, 1.82) is 0 Å². The van der Waals surface area contributed by atoms with E-state index in [-0.39, 0.29) is 19.0 Å². The SMILES string of the molecule is CC(C)c1ccc(C=O)cc1N(c1nccs1)S(=O)(=O)N1CCOCC1. The second kappa shape index (κ2) is 7.83. The number of aromatic nitrogens is 1. The van der Waals surface area contributed by atoms with Crippen LogP contribution >= 0.6 is 11.3 Å². The van der Waals surface area contributed by atoms with Crippen molar-refractivity contribution < 1.29 is 17.9 Å². The fraction of sp³-hybridized carbons (Fsp3) is 0.412. The Hall–Kier alpha value is -1.81. The Morgan fingerprint density at radius 1 is 1.31 bits per heavy atom. The monoisotopic (exact) mass is 395 g/mol. The largest absolute Gasteiger partial charge is 0.379 e. The van der Waals surface area contributed by atoms with Crippen molar-refractivity contribution in [3.8, 4) is 0 Å². The number of hydrogen-bond acceptors (Lipinski definition) is 6. The summed E-state index contributed by atoms with van der Waals surface area (Å²) in [4.78, 5) is 15.5. The maximum atomic E-state index is 13.4. The summed E-state index contributed by atoms with van der Waals surface area (Å²) in [5.41, 5.74) is 1.72. The van der Waals surface area contributed by atoms with E-state index in [2.05, 4.69) is 4.98 Å². The third-order valence-electron chi connectivity index (χ3n) is 4.15. The molecule has 140 valence electrons. The van der Waals surface area contributed by atoms with Gasteiger partial charge in [-0.05, 0) is 17.5 Å². The average Bonchev–Trinajstić information content (AvgIpc) is 3.16. The molecule has 1 aliphatic rings. The van der Waals surface area contributed by atoms with Crippen molar-refractivity contribution in [1.82, 2.24) is 9.29 Å². The first-order valence-corrected chi connectivity index (χ1v) is 10.6. The maximum Gasteiger partial charge on any atom is 0.310 e. The van der Waals surface area contributed by atoms with Crippen molar-refractivity contribution >= 4 is 38.7 Å². The Balaban J connectivity index is 2.18. The summed E-state index contributed by atoms with van der Waals surface area (Å²) in [5, 5.41) is 2.08. The molecule has 0 N–H and O–H groups in total. The lowest BCUT2D eigenvalue weighted by Crippen LogP contribution is -2.47. The Bertz CT molecular complexity index is 860. The second-order valence-electron chi connectivity index (χ2n) is 6.19. The van der Waals surface area contributed by atoms with Crippen LogP contribution in [0.5, 0.6) is 0 Å². The van der Waals surface area contributed by atoms with Crippen molar-refractivity contribution in [2.75, 3.05) is 30.6 Å². The number of thiazole rings is 1. The van der Waals surface area contributed by atoms with Gasteiger partial charge in [0.25, 0.3) is 0 Å². The highest BCUT2D eigenvalue weighted by Gasteiger charge is 2.35. The Kier molecular flexibility index (Phi) is 5.71. The molecule has 0 aliphatic carbocycles. The number of anilines is 2. The third-order valence-corrected chi connectivity index (χ3v) is 6.87. The highest BCUT2D eigenvalue weighted by atomic mass is 32.2. The zero-order chi connectivity index (χ0) is 18.7. The molecule has 3 rings (SSSR count). The Labute approximate surface area is 157 Å². The summed E-state index contributed by atoms with van der Waals surface area (Å²) >= 11 is 1.24. The first kappa shape index (κ1) is 19.0. The van der Waals surface area contributed by atoms with Crippen LogP contribution < -0.4 is 4.31 Å². The van der Waals surface area contributed by atoms with Crippen LogP contribution in [0.15, 0.2) is 29.8 Å². The standard InChI is InChI=1S/C17H21N3O4S2/c1-13(2)15-4-3-14(12-21)11-16(15)20(17-18-5-10-25-17)26(22,23)19-6-8-24-9-7-19/h3-5,10-13H,6-9H2,1-2H3. The van der Waals surface area contributed by atoms with Gasteiger partial charge < -0.3 is 4.74 Å². The predicted octanol–water partition coefficient (Wildman–Crippen LogP) is 2.79. The average molecular weight is 396 g/mol. The van der Waals surface area contributed by atoms with Crippen LogP contribution in [0.2, 0.25) is 0 Å². The molecule has 7 nitrogen and oxygen atoms in total. The minimum Gasteiger partial charge on any atom is -0.379 e. The highest BCUT2D eigenvalue weighted by molar-refractivity contribution is 7.91. The van der Waals surface area contributed by atoms with Crippen LogP contribution in [-0.4, -0.2) is 50.3 Å². The molecule has 0 bridgehead atoms. The van der Waals surface area contributed by atoms with Crippen LogP contribution in [0.3, 0.4) is 0 Å². The Morgan fingerprint density at radius 3 is 2.62 bits per heavy atom. The van der Waals surface area contributed by atoms with Gasteiger partial charge in [-0.2, -0.15) is 17.0 Å². The van der Waals surface area contributed by atoms with E-state index in [1.54, 1.807) is 29.8 Å². The highest BCUT2D eigenvalue weighted by Crippen LogP contribution is 2.37. The number of nitrogens with zero attached hydrogens (tertiary/aromatic N) is 3. The molecule has 0 saturated carbocycles. The van der Waals surface area contributed by atoms with E-state index < -0.39 is 10.2 Å². The number of morpholine rings is 1. The molecule has 2 aromatic rings. The number of aldehydes is 1. The molecule has 0 spiro atoms. The van der Waals surface area contributed by atoms with Gasteiger partial charge in [0.05, 0.1) is 18.9 Å². The van der Waals surface area contributed by atoms with Gasteiger partial charge in [0, 0.05) is 30.2 Å². The van der Waals surface area contributed by atoms with Crippen molar-refractivity contribution in [2.45, 2.75) is 19.8 Å². The molecule has 1 aromatic carbocycles. The van der Waals surface area contributed by atoms with E-state index in [1.165, 1.54) is 19.9 Å². The minimum absolute atomic E-state index is 0.0769. The molecule has 1 aliphatic heterocycles. The molecule has 0 radical (unpaired) electrons. The zero-order valence-corrected chi connectivity index (χ0v) is 16.3. The summed E-state index contributed by atoms with van der Waals surface area (Å²) in [5.74, 6) is 0.0769. The van der Waals surface area contributed by atoms with Crippen LogP contribution in [0, 0.1) is 0 Å². The molecule has 1 saturated heterocycles. The molecule has 9 heteroatoms. The van der Waals surface area contributed by atoms with Crippen molar-refractivity contribution in [3.63, 3.8) is 0 Å². The smallest absolute Gasteiger partial charge is 0.310 e. The van der Waals surface area contributed by atoms with E-state index >= 15 is 0 Å². The maximum absolute atomic E-state index is 13.4. The fourth-order valence-electron chi connectivity index (χ4n) is 2.83. The Morgan fingerprint density at radius 2 is 2.04 bits per heavy atom. The molecule has 1 aromatic heterocycles. The van der Waals surface area contributed by atoms with Crippen LogP contribution in [-0.2, 0) is 14.9 Å². The van der Waals surface area contributed by atoms with E-state index in [4.69, 9.17) is 4.74 Å². The quantitative estimate of drug-likeness (QED) is 0.703. The number of ether oxygens (including phenoxy) is 1. The summed E-state index contributed by atoms with van der Waals surface area (Å²) in [6.45, 7) is 5.26. The number of rotatable bonds is 6. The minimum atomic E-state index is -3.86. The zero-order valence-electron chi connectivity index (χ0n) is 14.7. The molecule has 0 atom stereocenters.